The van der Waals surface area contributed by atoms with Gasteiger partial charge in [0.1, 0.15) is 0 Å². The van der Waals surface area contributed by atoms with Crippen molar-refractivity contribution in [1.82, 2.24) is 0 Å². The molecule has 0 bridgehead atoms. The third-order valence-electron chi connectivity index (χ3n) is 0. The molecule has 0 aliphatic carbocycles. The second kappa shape index (κ2) is 505. The fourth-order valence-corrected chi connectivity index (χ4v) is 0. The van der Waals surface area contributed by atoms with Gasteiger partial charge in [-0.1, -0.05) is 13.8 Å². The highest BCUT2D eigenvalue weighted by molar-refractivity contribution is 3.50. The van der Waals surface area contributed by atoms with Crippen molar-refractivity contribution in [3.8, 4) is 0 Å². The molecule has 0 N–H and O–H groups in total. The van der Waals surface area contributed by atoms with E-state index in [1.165, 1.54) is 0 Å². The Kier molecular flexibility index (Phi) is 1150. The number of hydrogen-bond acceptors (Lipinski definition) is 0. The first-order valence-electron chi connectivity index (χ1n) is 1.14. The molecule has 0 atom stereocenters. The molecule has 0 amide bonds. The van der Waals surface area contributed by atoms with Crippen molar-refractivity contribution in [2.24, 2.45) is 0 Å². The van der Waals surface area contributed by atoms with E-state index in [1.807, 2.05) is 13.8 Å². The lowest BCUT2D eigenvalue weighted by molar-refractivity contribution is 0.108. The minimum atomic E-state index is 2.00. The van der Waals surface area contributed by atoms with Crippen LogP contribution in [-0.2, 0) is 0 Å². The Balaban J connectivity index is 0. The molecule has 0 saturated carbocycles. The maximum Gasteiger partial charge on any atom is 0 e. The molecule has 4 heavy (non-hydrogen) atoms. The van der Waals surface area contributed by atoms with Crippen LogP contribution in [0.1, 0.15) is 13.8 Å². The van der Waals surface area contributed by atoms with Crippen LogP contribution in [0.15, 0.2) is 0 Å². The standard InChI is InChI=1S/C2H6.F2/c2*1-2/h1-2H3;. The monoisotopic (exact) mass is 68.0 g/mol. The lowest BCUT2D eigenvalue weighted by atomic mass is 11.0. The van der Waals surface area contributed by atoms with Gasteiger partial charge in [0, 0.05) is 9.15 Å². The van der Waals surface area contributed by atoms with E-state index in [1.54, 1.807) is 0 Å². The first-order chi connectivity index (χ1) is 2.00. The van der Waals surface area contributed by atoms with Crippen molar-refractivity contribution in [2.45, 2.75) is 13.8 Å². The van der Waals surface area contributed by atoms with Crippen molar-refractivity contribution < 1.29 is 9.15 Å². The molecule has 0 aliphatic heterocycles. The summed E-state index contributed by atoms with van der Waals surface area (Å²) in [5, 5.41) is 0. The SMILES string of the molecule is CC.FF. The molecule has 0 aromatic carbocycles. The summed E-state index contributed by atoms with van der Waals surface area (Å²) in [6.45, 7) is 4.00. The van der Waals surface area contributed by atoms with Crippen LogP contribution in [0.4, 0.5) is 9.15 Å². The van der Waals surface area contributed by atoms with E-state index in [-0.39, 0.29) is 0 Å². The zero-order chi connectivity index (χ0) is 4.00. The van der Waals surface area contributed by atoms with Gasteiger partial charge in [0.05, 0.1) is 0 Å². The van der Waals surface area contributed by atoms with E-state index in [4.69, 9.17) is 9.15 Å². The Hall–Kier alpha value is -0.140. The highest BCUT2D eigenvalue weighted by Crippen LogP contribution is 1.42. The molecule has 0 heterocycles. The van der Waals surface area contributed by atoms with E-state index in [2.05, 4.69) is 0 Å². The molecule has 0 fully saturated rings. The summed E-state index contributed by atoms with van der Waals surface area (Å²) in [4.78, 5) is 0. The molecular weight excluding hydrogens is 62.0 g/mol. The quantitative estimate of drug-likeness (QED) is 0.406. The molecule has 0 aromatic rings. The van der Waals surface area contributed by atoms with Crippen LogP contribution in [0.3, 0.4) is 0 Å². The predicted molar refractivity (Wildman–Crippen MR) is 13.6 cm³/mol. The summed E-state index contributed by atoms with van der Waals surface area (Å²) in [7, 11) is 0. The first-order valence-corrected chi connectivity index (χ1v) is 1.14. The van der Waals surface area contributed by atoms with Crippen LogP contribution in [0.5, 0.6) is 0 Å². The second-order valence-corrected chi connectivity index (χ2v) is 0. The molecule has 0 aromatic heterocycles. The number of rotatable bonds is 0. The van der Waals surface area contributed by atoms with Crippen LogP contribution < -0.4 is 0 Å². The lowest BCUT2D eigenvalue weighted by Gasteiger charge is -1.07. The van der Waals surface area contributed by atoms with Crippen LogP contribution in [0.2, 0.25) is 0 Å². The Morgan fingerprint density at radius 1 is 1.00 bits per heavy atom. The summed E-state index contributed by atoms with van der Waals surface area (Å²) < 4.78 is 16.0. The van der Waals surface area contributed by atoms with Crippen LogP contribution in [0.25, 0.3) is 0 Å². The zero-order valence-corrected chi connectivity index (χ0v) is 2.76. The van der Waals surface area contributed by atoms with Crippen LogP contribution in [-0.4, -0.2) is 0 Å². The Morgan fingerprint density at radius 3 is 1.00 bits per heavy atom. The summed E-state index contributed by atoms with van der Waals surface area (Å²) in [6, 6.07) is 0. The van der Waals surface area contributed by atoms with Crippen LogP contribution in [0, 0.1) is 0 Å². The van der Waals surface area contributed by atoms with Crippen molar-refractivity contribution >= 4 is 0 Å². The predicted octanol–water partition coefficient (Wildman–Crippen LogP) is 1.87. The number of halogens is 2. The largest absolute Gasteiger partial charge is 0.0683 e. The van der Waals surface area contributed by atoms with Crippen LogP contribution >= 0.6 is 0 Å². The zero-order valence-electron chi connectivity index (χ0n) is 2.76. The third-order valence-corrected chi connectivity index (χ3v) is 0. The van der Waals surface area contributed by atoms with Crippen molar-refractivity contribution in [3.63, 3.8) is 0 Å². The molecule has 2 heteroatoms. The van der Waals surface area contributed by atoms with Gasteiger partial charge in [0.15, 0.2) is 0 Å². The maximum absolute atomic E-state index is 8.00. The first kappa shape index (κ1) is 9.13. The number of hydrogen-bond donors (Lipinski definition) is 0. The van der Waals surface area contributed by atoms with Crippen molar-refractivity contribution in [3.05, 3.63) is 0 Å². The average molecular weight is 68.1 g/mol. The molecule has 28 valence electrons. The molecule has 0 rings (SSSR count). The van der Waals surface area contributed by atoms with Gasteiger partial charge in [0.25, 0.3) is 0 Å². The molecule has 0 spiro atoms. The van der Waals surface area contributed by atoms with Gasteiger partial charge < -0.3 is 0 Å². The van der Waals surface area contributed by atoms with Gasteiger partial charge in [-0.3, -0.25) is 0 Å². The Morgan fingerprint density at radius 2 is 1.00 bits per heavy atom. The molecule has 0 unspecified atom stereocenters. The summed E-state index contributed by atoms with van der Waals surface area (Å²) >= 11 is 0. The minimum Gasteiger partial charge on any atom is -0.0683 e. The van der Waals surface area contributed by atoms with E-state index >= 15 is 0 Å². The second-order valence-electron chi connectivity index (χ2n) is 0. The molecule has 0 aliphatic rings. The summed E-state index contributed by atoms with van der Waals surface area (Å²) in [5.74, 6) is 0. The van der Waals surface area contributed by atoms with E-state index < -0.39 is 0 Å². The highest BCUT2D eigenvalue weighted by Gasteiger charge is 1.00. The van der Waals surface area contributed by atoms with Gasteiger partial charge in [-0.2, -0.15) is 0 Å². The normalized spacial score (nSPS) is 3.00. The van der Waals surface area contributed by atoms with Crippen molar-refractivity contribution in [1.29, 1.82) is 0 Å². The third kappa shape index (κ3) is 70.2. The Bertz CT molecular complexity index is 4.00. The fraction of sp³-hybridized carbons (Fsp3) is 1.00. The van der Waals surface area contributed by atoms with Gasteiger partial charge in [-0.25, -0.2) is 0 Å². The van der Waals surface area contributed by atoms with E-state index in [0.717, 1.165) is 0 Å². The minimum absolute atomic E-state index is 2.00. The molecule has 0 nitrogen and oxygen atoms in total. The fourth-order valence-electron chi connectivity index (χ4n) is 0. The smallest absolute Gasteiger partial charge is 0 e. The lowest BCUT2D eigenvalue weighted by Crippen LogP contribution is -0.856. The molecular formula is C2H6F2. The maximum atomic E-state index is 8.00. The summed E-state index contributed by atoms with van der Waals surface area (Å²) in [5.41, 5.74) is 0. The average Bonchev–Trinajstić information content (AvgIpc) is 1.50. The Labute approximate surface area is 24.3 Å². The van der Waals surface area contributed by atoms with Gasteiger partial charge in [-0.15, -0.1) is 0 Å². The summed E-state index contributed by atoms with van der Waals surface area (Å²) in [6.07, 6.45) is 0. The molecule has 0 radical (unpaired) electrons. The molecule has 0 saturated heterocycles. The topological polar surface area (TPSA) is 0 Å². The van der Waals surface area contributed by atoms with Crippen molar-refractivity contribution in [2.75, 3.05) is 0 Å². The highest BCUT2D eigenvalue weighted by atomic mass is 20.0. The van der Waals surface area contributed by atoms with Gasteiger partial charge in [-0.05, 0) is 0 Å². The van der Waals surface area contributed by atoms with Gasteiger partial charge >= 0.3 is 0 Å². The van der Waals surface area contributed by atoms with E-state index in [0.29, 0.717) is 0 Å². The van der Waals surface area contributed by atoms with Gasteiger partial charge in [0.2, 0.25) is 0 Å². The van der Waals surface area contributed by atoms with E-state index in [9.17, 15) is 0 Å².